The van der Waals surface area contributed by atoms with E-state index in [2.05, 4.69) is 0 Å². The first-order valence-electron chi connectivity index (χ1n) is 14.5. The molecule has 198 valence electrons. The predicted octanol–water partition coefficient (Wildman–Crippen LogP) is 8.78. The molecule has 0 bridgehead atoms. The zero-order valence-corrected chi connectivity index (χ0v) is 21.5. The lowest BCUT2D eigenvalue weighted by atomic mass is 9.62. The number of hydrogen-bond acceptors (Lipinski definition) is 1. The highest BCUT2D eigenvalue weighted by molar-refractivity contribution is 5.49. The van der Waals surface area contributed by atoms with Gasteiger partial charge in [-0.05, 0) is 118 Å². The summed E-state index contributed by atoms with van der Waals surface area (Å²) in [5.41, 5.74) is 0. The molecule has 0 aromatic heterocycles. The van der Waals surface area contributed by atoms with E-state index in [1.807, 2.05) is 13.8 Å². The Morgan fingerprint density at radius 2 is 1.03 bits per heavy atom. The molecule has 1 nitrogen and oxygen atoms in total. The summed E-state index contributed by atoms with van der Waals surface area (Å²) in [6.07, 6.45) is 8.51. The summed E-state index contributed by atoms with van der Waals surface area (Å²) in [7, 11) is 0. The number of alkyl halides is 4. The van der Waals surface area contributed by atoms with Crippen LogP contribution >= 0.6 is 0 Å². The Balaban J connectivity index is 0.00000158. The summed E-state index contributed by atoms with van der Waals surface area (Å²) < 4.78 is 56.3. The van der Waals surface area contributed by atoms with Crippen molar-refractivity contribution < 1.29 is 22.4 Å². The molecule has 0 aromatic carbocycles. The van der Waals surface area contributed by atoms with Gasteiger partial charge in [0.2, 0.25) is 0 Å². The number of aldehydes is 1. The molecule has 0 N–H and O–H groups in total. The molecule has 5 heteroatoms. The second kappa shape index (κ2) is 13.6. The molecular weight excluding hydrogens is 440 g/mol. The van der Waals surface area contributed by atoms with Crippen molar-refractivity contribution in [2.45, 2.75) is 135 Å². The Bertz CT molecular complexity index is 573. The molecule has 4 fully saturated rings. The summed E-state index contributed by atoms with van der Waals surface area (Å²) in [6.45, 7) is 4.00. The molecule has 4 rings (SSSR count). The molecular formula is C29H48F4O. The lowest BCUT2D eigenvalue weighted by Crippen LogP contribution is -2.43. The second-order valence-corrected chi connectivity index (χ2v) is 11.7. The maximum atomic E-state index is 15.1. The molecule has 0 heterocycles. The highest BCUT2D eigenvalue weighted by atomic mass is 19.2. The Morgan fingerprint density at radius 3 is 1.53 bits per heavy atom. The molecule has 34 heavy (non-hydrogen) atoms. The third-order valence-corrected chi connectivity index (χ3v) is 9.95. The molecule has 0 radical (unpaired) electrons. The highest BCUT2D eigenvalue weighted by Gasteiger charge is 2.46. The molecule has 0 saturated heterocycles. The third-order valence-electron chi connectivity index (χ3n) is 9.95. The third kappa shape index (κ3) is 6.99. The Morgan fingerprint density at radius 1 is 0.588 bits per heavy atom. The van der Waals surface area contributed by atoms with Gasteiger partial charge in [0, 0.05) is 6.42 Å². The van der Waals surface area contributed by atoms with Crippen molar-refractivity contribution in [1.29, 1.82) is 0 Å². The van der Waals surface area contributed by atoms with Crippen LogP contribution in [0, 0.1) is 41.4 Å². The van der Waals surface area contributed by atoms with Crippen LogP contribution in [-0.4, -0.2) is 31.0 Å². The smallest absolute Gasteiger partial charge is 0.162 e. The van der Waals surface area contributed by atoms with Crippen molar-refractivity contribution in [3.63, 3.8) is 0 Å². The topological polar surface area (TPSA) is 17.1 Å². The maximum Gasteiger partial charge on any atom is 0.162 e. The van der Waals surface area contributed by atoms with Gasteiger partial charge in [0.25, 0.3) is 0 Å². The average molecular weight is 489 g/mol. The van der Waals surface area contributed by atoms with Gasteiger partial charge in [0.1, 0.15) is 24.8 Å². The quantitative estimate of drug-likeness (QED) is 0.270. The second-order valence-electron chi connectivity index (χ2n) is 11.7. The van der Waals surface area contributed by atoms with E-state index in [4.69, 9.17) is 0 Å². The Hall–Kier alpha value is -0.610. The Kier molecular flexibility index (Phi) is 11.2. The van der Waals surface area contributed by atoms with Crippen molar-refractivity contribution >= 4 is 6.29 Å². The fourth-order valence-corrected chi connectivity index (χ4v) is 7.98. The molecule has 0 spiro atoms. The standard InChI is InChI=1S/C27H42F4O.C2H6/c28-24-14-21(11-12-23(24)22-15-25(29)27(31)26(30)16-22)20-9-7-19(8-10-20)18-5-3-17(4-6-18)2-1-13-32;1-2/h13,17-27H,1-12,14-16H2;1-2H3. The van der Waals surface area contributed by atoms with Gasteiger partial charge in [-0.15, -0.1) is 0 Å². The van der Waals surface area contributed by atoms with Crippen LogP contribution in [0.1, 0.15) is 110 Å². The van der Waals surface area contributed by atoms with Gasteiger partial charge in [-0.3, -0.25) is 0 Å². The minimum Gasteiger partial charge on any atom is -0.303 e. The van der Waals surface area contributed by atoms with E-state index >= 15 is 4.39 Å². The van der Waals surface area contributed by atoms with E-state index in [1.165, 1.54) is 51.4 Å². The van der Waals surface area contributed by atoms with E-state index < -0.39 is 24.7 Å². The minimum atomic E-state index is -2.03. The SMILES string of the molecule is CC.O=CCCC1CCC(C2CCC(C3CCC(C4CC(F)C(F)C(F)C4)C(F)C3)CC2)CC1. The summed E-state index contributed by atoms with van der Waals surface area (Å²) >= 11 is 0. The molecule has 0 amide bonds. The van der Waals surface area contributed by atoms with Crippen LogP contribution in [-0.2, 0) is 4.79 Å². The molecule has 0 aliphatic heterocycles. The van der Waals surface area contributed by atoms with Crippen molar-refractivity contribution in [2.24, 2.45) is 41.4 Å². The number of halogens is 4. The van der Waals surface area contributed by atoms with Crippen LogP contribution in [0.2, 0.25) is 0 Å². The van der Waals surface area contributed by atoms with E-state index in [-0.39, 0.29) is 24.7 Å². The zero-order valence-electron chi connectivity index (χ0n) is 21.5. The van der Waals surface area contributed by atoms with E-state index in [1.54, 1.807) is 0 Å². The molecule has 5 atom stereocenters. The first-order valence-corrected chi connectivity index (χ1v) is 14.5. The van der Waals surface area contributed by atoms with Crippen LogP contribution in [0.5, 0.6) is 0 Å². The monoisotopic (exact) mass is 488 g/mol. The fraction of sp³-hybridized carbons (Fsp3) is 0.966. The normalized spacial score (nSPS) is 45.6. The van der Waals surface area contributed by atoms with E-state index in [0.29, 0.717) is 31.1 Å². The fourth-order valence-electron chi connectivity index (χ4n) is 7.98. The van der Waals surface area contributed by atoms with Gasteiger partial charge < -0.3 is 4.79 Å². The van der Waals surface area contributed by atoms with Crippen molar-refractivity contribution in [3.8, 4) is 0 Å². The zero-order chi connectivity index (χ0) is 24.7. The van der Waals surface area contributed by atoms with Gasteiger partial charge in [0.05, 0.1) is 0 Å². The van der Waals surface area contributed by atoms with Crippen LogP contribution in [0.25, 0.3) is 0 Å². The van der Waals surface area contributed by atoms with Gasteiger partial charge in [0.15, 0.2) is 6.17 Å². The molecule has 0 aromatic rings. The summed E-state index contributed by atoms with van der Waals surface area (Å²) in [4.78, 5) is 10.6. The van der Waals surface area contributed by atoms with Crippen molar-refractivity contribution in [2.75, 3.05) is 0 Å². The molecule has 5 unspecified atom stereocenters. The van der Waals surface area contributed by atoms with Gasteiger partial charge in [-0.25, -0.2) is 17.6 Å². The molecule has 4 aliphatic rings. The molecule has 4 saturated carbocycles. The van der Waals surface area contributed by atoms with Gasteiger partial charge in [-0.2, -0.15) is 0 Å². The van der Waals surface area contributed by atoms with Crippen molar-refractivity contribution in [1.82, 2.24) is 0 Å². The van der Waals surface area contributed by atoms with Crippen LogP contribution in [0.3, 0.4) is 0 Å². The maximum absolute atomic E-state index is 15.1. The van der Waals surface area contributed by atoms with Gasteiger partial charge in [-0.1, -0.05) is 26.7 Å². The summed E-state index contributed by atoms with van der Waals surface area (Å²) in [6, 6.07) is 0. The van der Waals surface area contributed by atoms with Gasteiger partial charge >= 0.3 is 0 Å². The highest BCUT2D eigenvalue weighted by Crippen LogP contribution is 2.49. The van der Waals surface area contributed by atoms with Crippen LogP contribution in [0.15, 0.2) is 0 Å². The number of hydrogen-bond donors (Lipinski definition) is 0. The number of carbonyl (C=O) groups is 1. The number of carbonyl (C=O) groups excluding carboxylic acids is 1. The molecule has 4 aliphatic carbocycles. The van der Waals surface area contributed by atoms with Crippen molar-refractivity contribution in [3.05, 3.63) is 0 Å². The van der Waals surface area contributed by atoms with E-state index in [9.17, 15) is 18.0 Å². The average Bonchev–Trinajstić information content (AvgIpc) is 2.87. The van der Waals surface area contributed by atoms with Crippen LogP contribution in [0.4, 0.5) is 17.6 Å². The summed E-state index contributed by atoms with van der Waals surface area (Å²) in [5, 5.41) is 0. The first kappa shape index (κ1) is 28.0. The largest absolute Gasteiger partial charge is 0.303 e. The summed E-state index contributed by atoms with van der Waals surface area (Å²) in [5.74, 6) is 2.75. The first-order chi connectivity index (χ1) is 16.5. The Labute approximate surface area is 205 Å². The number of rotatable bonds is 6. The minimum absolute atomic E-state index is 0.0140. The van der Waals surface area contributed by atoms with E-state index in [0.717, 1.165) is 36.9 Å². The predicted molar refractivity (Wildman–Crippen MR) is 131 cm³/mol. The van der Waals surface area contributed by atoms with Crippen LogP contribution < -0.4 is 0 Å². The lowest BCUT2D eigenvalue weighted by Gasteiger charge is -2.44. The lowest BCUT2D eigenvalue weighted by molar-refractivity contribution is -0.108.